The minimum Gasteiger partial charge on any atom is -0.465 e. The predicted octanol–water partition coefficient (Wildman–Crippen LogP) is 5.04. The van der Waals surface area contributed by atoms with Gasteiger partial charge < -0.3 is 15.4 Å². The van der Waals surface area contributed by atoms with Gasteiger partial charge in [-0.2, -0.15) is 5.10 Å². The number of carbonyl (C=O) groups is 1. The first-order valence-electron chi connectivity index (χ1n) is 10.4. The fourth-order valence-electron chi connectivity index (χ4n) is 3.80. The lowest BCUT2D eigenvalue weighted by atomic mass is 9.96. The molecular weight excluding hydrogens is 440 g/mol. The average Bonchev–Trinajstić information content (AvgIpc) is 3.15. The van der Waals surface area contributed by atoms with E-state index < -0.39 is 0 Å². The molecule has 0 aliphatic heterocycles. The topological polar surface area (TPSA) is 68.2 Å². The van der Waals surface area contributed by atoms with Gasteiger partial charge in [0, 0.05) is 18.0 Å². The van der Waals surface area contributed by atoms with Gasteiger partial charge in [-0.15, -0.1) is 11.3 Å². The smallest absolute Gasteiger partial charge is 0.341 e. The van der Waals surface area contributed by atoms with E-state index in [1.54, 1.807) is 11.3 Å². The number of ether oxygens (including phenoxy) is 1. The van der Waals surface area contributed by atoms with E-state index in [1.165, 1.54) is 24.8 Å². The maximum absolute atomic E-state index is 12.5. The zero-order valence-electron chi connectivity index (χ0n) is 17.8. The quantitative estimate of drug-likeness (QED) is 0.352. The molecule has 2 aromatic rings. The molecule has 0 unspecified atom stereocenters. The molecule has 9 heteroatoms. The molecule has 3 rings (SSSR count). The number of thiophene rings is 1. The number of thiocarbonyl (C=S) groups is 1. The first-order valence-corrected chi connectivity index (χ1v) is 12.0. The van der Waals surface area contributed by atoms with Gasteiger partial charge in [0.05, 0.1) is 29.1 Å². The molecule has 0 spiro atoms. The average molecular weight is 469 g/mol. The highest BCUT2D eigenvalue weighted by Gasteiger charge is 2.25. The molecule has 6 nitrogen and oxygen atoms in total. The van der Waals surface area contributed by atoms with Crippen LogP contribution in [0.4, 0.5) is 5.00 Å². The molecule has 0 amide bonds. The van der Waals surface area contributed by atoms with Crippen LogP contribution >= 0.6 is 35.2 Å². The van der Waals surface area contributed by atoms with Crippen molar-refractivity contribution >= 4 is 51.2 Å². The number of fused-ring (bicyclic) bond motifs is 1. The lowest BCUT2D eigenvalue weighted by Gasteiger charge is -2.12. The number of anilines is 1. The monoisotopic (exact) mass is 468 g/mol. The van der Waals surface area contributed by atoms with Gasteiger partial charge in [-0.05, 0) is 63.7 Å². The Morgan fingerprint density at radius 1 is 1.27 bits per heavy atom. The van der Waals surface area contributed by atoms with Crippen molar-refractivity contribution in [3.63, 3.8) is 0 Å². The van der Waals surface area contributed by atoms with E-state index in [1.807, 2.05) is 18.5 Å². The summed E-state index contributed by atoms with van der Waals surface area (Å²) in [5.74, 6) is -0.292. The Balaban J connectivity index is 1.60. The van der Waals surface area contributed by atoms with E-state index >= 15 is 0 Å². The van der Waals surface area contributed by atoms with Gasteiger partial charge in [-0.25, -0.2) is 4.79 Å². The highest BCUT2D eigenvalue weighted by atomic mass is 35.5. The van der Waals surface area contributed by atoms with E-state index in [9.17, 15) is 4.79 Å². The zero-order chi connectivity index (χ0) is 21.7. The van der Waals surface area contributed by atoms with E-state index in [0.29, 0.717) is 17.2 Å². The van der Waals surface area contributed by atoms with Gasteiger partial charge in [0.25, 0.3) is 0 Å². The SMILES string of the molecule is COC(=O)c1c(NC(=S)NCCCn2nc(C)c(Cl)c2C)sc2c1CCCCCC2. The van der Waals surface area contributed by atoms with E-state index in [2.05, 4.69) is 15.7 Å². The largest absolute Gasteiger partial charge is 0.465 e. The highest BCUT2D eigenvalue weighted by molar-refractivity contribution is 7.80. The molecule has 2 aromatic heterocycles. The third kappa shape index (κ3) is 5.34. The van der Waals surface area contributed by atoms with Crippen molar-refractivity contribution in [2.75, 3.05) is 19.0 Å². The maximum atomic E-state index is 12.5. The Kier molecular flexibility index (Phi) is 8.13. The molecule has 0 atom stereocenters. The summed E-state index contributed by atoms with van der Waals surface area (Å²) in [5.41, 5.74) is 3.62. The second-order valence-electron chi connectivity index (χ2n) is 7.56. The molecule has 0 fully saturated rings. The summed E-state index contributed by atoms with van der Waals surface area (Å²) < 4.78 is 6.99. The van der Waals surface area contributed by atoms with Crippen LogP contribution in [0.15, 0.2) is 0 Å². The molecule has 2 heterocycles. The number of halogens is 1. The molecular formula is C21H29ClN4O2S2. The number of methoxy groups -OCH3 is 1. The zero-order valence-corrected chi connectivity index (χ0v) is 20.2. The predicted molar refractivity (Wildman–Crippen MR) is 127 cm³/mol. The molecule has 1 aliphatic rings. The molecule has 164 valence electrons. The van der Waals surface area contributed by atoms with Crippen molar-refractivity contribution in [1.29, 1.82) is 0 Å². The summed E-state index contributed by atoms with van der Waals surface area (Å²) in [7, 11) is 1.43. The van der Waals surface area contributed by atoms with Gasteiger partial charge in [0.2, 0.25) is 0 Å². The lowest BCUT2D eigenvalue weighted by molar-refractivity contribution is 0.0601. The third-order valence-corrected chi connectivity index (χ3v) is 7.41. The summed E-state index contributed by atoms with van der Waals surface area (Å²) in [6, 6.07) is 0. The van der Waals surface area contributed by atoms with Crippen LogP contribution in [0.1, 0.15) is 64.3 Å². The van der Waals surface area contributed by atoms with Crippen LogP contribution in [0, 0.1) is 13.8 Å². The molecule has 0 aromatic carbocycles. The van der Waals surface area contributed by atoms with Crippen LogP contribution in [-0.2, 0) is 24.1 Å². The van der Waals surface area contributed by atoms with Crippen LogP contribution in [0.3, 0.4) is 0 Å². The molecule has 2 N–H and O–H groups in total. The highest BCUT2D eigenvalue weighted by Crippen LogP contribution is 2.37. The summed E-state index contributed by atoms with van der Waals surface area (Å²) in [5, 5.41) is 12.9. The number of esters is 1. The first kappa shape index (κ1) is 23.0. The van der Waals surface area contributed by atoms with Gasteiger partial charge in [0.15, 0.2) is 5.11 Å². The Hall–Kier alpha value is -1.64. The maximum Gasteiger partial charge on any atom is 0.341 e. The minimum absolute atomic E-state index is 0.292. The molecule has 30 heavy (non-hydrogen) atoms. The molecule has 0 saturated carbocycles. The third-order valence-electron chi connectivity index (χ3n) is 5.41. The van der Waals surface area contributed by atoms with Crippen LogP contribution in [0.2, 0.25) is 5.02 Å². The summed E-state index contributed by atoms with van der Waals surface area (Å²) >= 11 is 13.3. The van der Waals surface area contributed by atoms with Crippen molar-refractivity contribution in [2.24, 2.45) is 0 Å². The van der Waals surface area contributed by atoms with Crippen molar-refractivity contribution in [3.05, 3.63) is 32.4 Å². The van der Waals surface area contributed by atoms with Crippen LogP contribution in [0.5, 0.6) is 0 Å². The number of nitrogens with one attached hydrogen (secondary N) is 2. The number of carbonyl (C=O) groups excluding carboxylic acids is 1. The molecule has 0 radical (unpaired) electrons. The normalized spacial score (nSPS) is 13.9. The number of rotatable bonds is 6. The number of aromatic nitrogens is 2. The molecule has 0 saturated heterocycles. The Bertz CT molecular complexity index is 923. The van der Waals surface area contributed by atoms with E-state index in [0.717, 1.165) is 65.6 Å². The van der Waals surface area contributed by atoms with Crippen LogP contribution in [0.25, 0.3) is 0 Å². The van der Waals surface area contributed by atoms with Gasteiger partial charge in [-0.3, -0.25) is 4.68 Å². The number of hydrogen-bond acceptors (Lipinski definition) is 5. The second kappa shape index (κ2) is 10.6. The molecule has 1 aliphatic carbocycles. The van der Waals surface area contributed by atoms with Crippen molar-refractivity contribution in [2.45, 2.75) is 65.3 Å². The standard InChI is InChI=1S/C21H29ClN4O2S2/c1-13-18(22)14(2)26(25-13)12-8-11-23-21(29)24-19-17(20(27)28-3)15-9-6-4-5-7-10-16(15)30-19/h4-12H2,1-3H3,(H2,23,24,29). The number of nitrogens with zero attached hydrogens (tertiary/aromatic N) is 2. The number of aryl methyl sites for hydroxylation is 3. The lowest BCUT2D eigenvalue weighted by Crippen LogP contribution is -2.30. The summed E-state index contributed by atoms with van der Waals surface area (Å²) in [6.07, 6.45) is 7.50. The summed E-state index contributed by atoms with van der Waals surface area (Å²) in [6.45, 7) is 5.34. The van der Waals surface area contributed by atoms with E-state index in [4.69, 9.17) is 28.6 Å². The second-order valence-corrected chi connectivity index (χ2v) is 9.45. The number of hydrogen-bond donors (Lipinski definition) is 2. The summed E-state index contributed by atoms with van der Waals surface area (Å²) in [4.78, 5) is 13.8. The molecule has 0 bridgehead atoms. The Labute approximate surface area is 192 Å². The van der Waals surface area contributed by atoms with E-state index in [-0.39, 0.29) is 5.97 Å². The van der Waals surface area contributed by atoms with Crippen LogP contribution in [-0.4, -0.2) is 34.5 Å². The fourth-order valence-corrected chi connectivity index (χ4v) is 5.48. The minimum atomic E-state index is -0.292. The Morgan fingerprint density at radius 3 is 2.67 bits per heavy atom. The van der Waals surface area contributed by atoms with Crippen LogP contribution < -0.4 is 10.6 Å². The van der Waals surface area contributed by atoms with Crippen molar-refractivity contribution < 1.29 is 9.53 Å². The first-order chi connectivity index (χ1) is 14.4. The van der Waals surface area contributed by atoms with Crippen molar-refractivity contribution in [1.82, 2.24) is 15.1 Å². The van der Waals surface area contributed by atoms with Gasteiger partial charge >= 0.3 is 5.97 Å². The van der Waals surface area contributed by atoms with Crippen molar-refractivity contribution in [3.8, 4) is 0 Å². The van der Waals surface area contributed by atoms with Gasteiger partial charge in [0.1, 0.15) is 5.00 Å². The Morgan fingerprint density at radius 2 is 2.00 bits per heavy atom. The fraction of sp³-hybridized carbons (Fsp3) is 0.571. The van der Waals surface area contributed by atoms with Gasteiger partial charge in [-0.1, -0.05) is 24.4 Å².